The Morgan fingerprint density at radius 3 is 2.36 bits per heavy atom. The molecule has 1 heterocycles. The summed E-state index contributed by atoms with van der Waals surface area (Å²) >= 11 is 0. The Morgan fingerprint density at radius 1 is 1.14 bits per heavy atom. The van der Waals surface area contributed by atoms with E-state index in [4.69, 9.17) is 0 Å². The van der Waals surface area contributed by atoms with E-state index >= 15 is 0 Å². The molecule has 0 aliphatic carbocycles. The van der Waals surface area contributed by atoms with Crippen LogP contribution in [-0.2, 0) is 4.79 Å². The summed E-state index contributed by atoms with van der Waals surface area (Å²) in [6, 6.07) is 6.90. The minimum atomic E-state index is -0.392. The second kappa shape index (κ2) is 11.4. The maximum atomic E-state index is 14.0. The van der Waals surface area contributed by atoms with Gasteiger partial charge >= 0.3 is 0 Å². The number of amides is 1. The molecule has 158 valence electrons. The number of nitrogens with zero attached hydrogens (tertiary/aromatic N) is 3. The fourth-order valence-electron chi connectivity index (χ4n) is 2.89. The number of benzene rings is 1. The predicted octanol–water partition coefficient (Wildman–Crippen LogP) is 2.69. The molecule has 8 heteroatoms. The van der Waals surface area contributed by atoms with E-state index in [2.05, 4.69) is 25.4 Å². The van der Waals surface area contributed by atoms with Crippen molar-refractivity contribution in [3.8, 4) is 0 Å². The number of para-hydroxylation sites is 1. The number of carbonyl (C=O) groups excluding carboxylic acids is 1. The van der Waals surface area contributed by atoms with Crippen LogP contribution in [0.1, 0.15) is 27.7 Å². The molecule has 2 rings (SSSR count). The number of piperazine rings is 1. The third-order valence-electron chi connectivity index (χ3n) is 4.45. The van der Waals surface area contributed by atoms with Crippen LogP contribution in [0.4, 0.5) is 10.1 Å². The smallest absolute Gasteiger partial charge is 0.225 e. The zero-order valence-electron chi connectivity index (χ0n) is 17.3. The van der Waals surface area contributed by atoms with Crippen LogP contribution in [0.5, 0.6) is 0 Å². The van der Waals surface area contributed by atoms with Crippen molar-refractivity contribution in [3.63, 3.8) is 0 Å². The molecule has 1 amide bonds. The molecule has 0 bridgehead atoms. The van der Waals surface area contributed by atoms with E-state index < -0.39 is 5.41 Å². The van der Waals surface area contributed by atoms with Crippen molar-refractivity contribution in [2.75, 3.05) is 50.7 Å². The second-order valence-corrected chi connectivity index (χ2v) is 7.67. The molecule has 0 atom stereocenters. The number of guanidine groups is 1. The molecule has 0 radical (unpaired) electrons. The van der Waals surface area contributed by atoms with Crippen LogP contribution >= 0.6 is 24.0 Å². The predicted molar refractivity (Wildman–Crippen MR) is 124 cm³/mol. The number of anilines is 1. The molecule has 0 saturated carbocycles. The van der Waals surface area contributed by atoms with Crippen LogP contribution in [0.3, 0.4) is 0 Å². The van der Waals surface area contributed by atoms with Gasteiger partial charge < -0.3 is 20.4 Å². The Balaban J connectivity index is 0.00000392. The third kappa shape index (κ3) is 7.10. The summed E-state index contributed by atoms with van der Waals surface area (Å²) in [6.45, 7) is 12.6. The number of halogens is 2. The van der Waals surface area contributed by atoms with Crippen LogP contribution < -0.4 is 15.5 Å². The van der Waals surface area contributed by atoms with E-state index in [9.17, 15) is 9.18 Å². The molecule has 0 aromatic heterocycles. The fourth-order valence-corrected chi connectivity index (χ4v) is 2.89. The Bertz CT molecular complexity index is 654. The van der Waals surface area contributed by atoms with Gasteiger partial charge in [0.25, 0.3) is 0 Å². The number of rotatable bonds is 5. The molecule has 0 spiro atoms. The highest BCUT2D eigenvalue weighted by Gasteiger charge is 2.22. The number of aliphatic imine (C=N–C) groups is 1. The van der Waals surface area contributed by atoms with Gasteiger partial charge in [0.2, 0.25) is 5.91 Å². The first-order chi connectivity index (χ1) is 12.8. The number of hydrogen-bond acceptors (Lipinski definition) is 3. The fraction of sp³-hybridized carbons (Fsp3) is 0.600. The van der Waals surface area contributed by atoms with Gasteiger partial charge in [-0.2, -0.15) is 0 Å². The van der Waals surface area contributed by atoms with Crippen LogP contribution in [-0.4, -0.2) is 62.6 Å². The van der Waals surface area contributed by atoms with Crippen molar-refractivity contribution in [3.05, 3.63) is 30.1 Å². The van der Waals surface area contributed by atoms with Crippen molar-refractivity contribution >= 4 is 41.5 Å². The SMILES string of the molecule is CCNC(=NCCNC(=O)C(C)(C)C)N1CCN(c2ccccc2F)CC1.I. The molecule has 1 aliphatic heterocycles. The van der Waals surface area contributed by atoms with E-state index in [1.807, 2.05) is 39.8 Å². The monoisotopic (exact) mass is 505 g/mol. The molecule has 2 N–H and O–H groups in total. The van der Waals surface area contributed by atoms with Gasteiger partial charge in [-0.05, 0) is 19.1 Å². The van der Waals surface area contributed by atoms with Crippen LogP contribution in [0.2, 0.25) is 0 Å². The Morgan fingerprint density at radius 2 is 1.79 bits per heavy atom. The molecule has 6 nitrogen and oxygen atoms in total. The summed E-state index contributed by atoms with van der Waals surface area (Å²) in [7, 11) is 0. The van der Waals surface area contributed by atoms with E-state index in [0.29, 0.717) is 18.8 Å². The standard InChI is InChI=1S/C20H32FN5O.HI/c1-5-22-19(24-11-10-23-18(27)20(2,3)4)26-14-12-25(13-15-26)17-9-7-6-8-16(17)21;/h6-9H,5,10-15H2,1-4H3,(H,22,24)(H,23,27);1H. The third-order valence-corrected chi connectivity index (χ3v) is 4.45. The molecule has 1 saturated heterocycles. The second-order valence-electron chi connectivity index (χ2n) is 7.67. The molecule has 28 heavy (non-hydrogen) atoms. The summed E-state index contributed by atoms with van der Waals surface area (Å²) in [5, 5.41) is 6.22. The highest BCUT2D eigenvalue weighted by atomic mass is 127. The van der Waals surface area contributed by atoms with Crippen LogP contribution in [0.15, 0.2) is 29.3 Å². The molecular weight excluding hydrogens is 472 g/mol. The van der Waals surface area contributed by atoms with Crippen molar-refractivity contribution in [1.29, 1.82) is 0 Å². The Labute approximate surface area is 185 Å². The van der Waals surface area contributed by atoms with Crippen molar-refractivity contribution < 1.29 is 9.18 Å². The van der Waals surface area contributed by atoms with E-state index in [1.54, 1.807) is 6.07 Å². The van der Waals surface area contributed by atoms with Gasteiger partial charge in [-0.3, -0.25) is 9.79 Å². The van der Waals surface area contributed by atoms with Gasteiger partial charge in [-0.1, -0.05) is 32.9 Å². The van der Waals surface area contributed by atoms with Gasteiger partial charge in [0.1, 0.15) is 5.82 Å². The van der Waals surface area contributed by atoms with Gasteiger partial charge in [-0.15, -0.1) is 24.0 Å². The lowest BCUT2D eigenvalue weighted by atomic mass is 9.96. The van der Waals surface area contributed by atoms with Gasteiger partial charge in [0, 0.05) is 44.7 Å². The molecule has 0 unspecified atom stereocenters. The number of hydrogen-bond donors (Lipinski definition) is 2. The topological polar surface area (TPSA) is 60.0 Å². The highest BCUT2D eigenvalue weighted by Crippen LogP contribution is 2.20. The largest absolute Gasteiger partial charge is 0.366 e. The molecule has 1 fully saturated rings. The van der Waals surface area contributed by atoms with E-state index in [-0.39, 0.29) is 35.7 Å². The van der Waals surface area contributed by atoms with Gasteiger partial charge in [0.05, 0.1) is 12.2 Å². The van der Waals surface area contributed by atoms with Crippen molar-refractivity contribution in [2.24, 2.45) is 10.4 Å². The van der Waals surface area contributed by atoms with E-state index in [0.717, 1.165) is 38.7 Å². The average Bonchev–Trinajstić information content (AvgIpc) is 2.64. The van der Waals surface area contributed by atoms with Gasteiger partial charge in [-0.25, -0.2) is 4.39 Å². The number of nitrogens with one attached hydrogen (secondary N) is 2. The van der Waals surface area contributed by atoms with Crippen LogP contribution in [0.25, 0.3) is 0 Å². The average molecular weight is 505 g/mol. The lowest BCUT2D eigenvalue weighted by molar-refractivity contribution is -0.128. The summed E-state index contributed by atoms with van der Waals surface area (Å²) in [6.07, 6.45) is 0. The Kier molecular flexibility index (Phi) is 9.98. The first kappa shape index (κ1) is 24.5. The quantitative estimate of drug-likeness (QED) is 0.280. The normalized spacial score (nSPS) is 15.1. The maximum absolute atomic E-state index is 14.0. The number of carbonyl (C=O) groups is 1. The summed E-state index contributed by atoms with van der Waals surface area (Å²) in [5.41, 5.74) is 0.265. The lowest BCUT2D eigenvalue weighted by Crippen LogP contribution is -2.53. The summed E-state index contributed by atoms with van der Waals surface area (Å²) < 4.78 is 14.0. The molecular formula is C20H33FIN5O. The van der Waals surface area contributed by atoms with Crippen LogP contribution in [0, 0.1) is 11.2 Å². The zero-order valence-corrected chi connectivity index (χ0v) is 19.6. The Hall–Kier alpha value is -1.58. The van der Waals surface area contributed by atoms with Crippen molar-refractivity contribution in [1.82, 2.24) is 15.5 Å². The summed E-state index contributed by atoms with van der Waals surface area (Å²) in [4.78, 5) is 20.8. The molecule has 1 aliphatic rings. The minimum absolute atomic E-state index is 0. The maximum Gasteiger partial charge on any atom is 0.225 e. The first-order valence-corrected chi connectivity index (χ1v) is 9.64. The van der Waals surface area contributed by atoms with Crippen molar-refractivity contribution in [2.45, 2.75) is 27.7 Å². The first-order valence-electron chi connectivity index (χ1n) is 9.64. The molecule has 1 aromatic rings. The minimum Gasteiger partial charge on any atom is -0.366 e. The van der Waals surface area contributed by atoms with Gasteiger partial charge in [0.15, 0.2) is 5.96 Å². The zero-order chi connectivity index (χ0) is 19.9. The highest BCUT2D eigenvalue weighted by molar-refractivity contribution is 14.0. The summed E-state index contributed by atoms with van der Waals surface area (Å²) in [5.74, 6) is 0.693. The lowest BCUT2D eigenvalue weighted by Gasteiger charge is -2.37. The van der Waals surface area contributed by atoms with E-state index in [1.165, 1.54) is 6.07 Å². The molecule has 1 aromatic carbocycles.